The average Bonchev–Trinajstić information content (AvgIpc) is 3.88. The summed E-state index contributed by atoms with van der Waals surface area (Å²) in [5, 5.41) is 7.23. The Morgan fingerprint density at radius 1 is 0.344 bits per heavy atom. The van der Waals surface area contributed by atoms with Crippen molar-refractivity contribution in [3.63, 3.8) is 0 Å². The van der Waals surface area contributed by atoms with Crippen molar-refractivity contribution in [3.8, 4) is 39.1 Å². The predicted octanol–water partition coefficient (Wildman–Crippen LogP) is 16.3. The van der Waals surface area contributed by atoms with Gasteiger partial charge in [-0.1, -0.05) is 158 Å². The highest BCUT2D eigenvalue weighted by molar-refractivity contribution is 6.13. The molecular weight excluding hydrogens is 741 g/mol. The van der Waals surface area contributed by atoms with E-state index in [0.29, 0.717) is 0 Å². The molecule has 0 N–H and O–H groups in total. The Morgan fingerprint density at radius 3 is 1.70 bits per heavy atom. The lowest BCUT2D eigenvalue weighted by atomic mass is 9.97. The number of anilines is 3. The Hall–Kier alpha value is -8.14. The van der Waals surface area contributed by atoms with Gasteiger partial charge in [0.25, 0.3) is 0 Å². The fraction of sp³-hybridized carbons (Fsp3) is 0. The molecule has 0 saturated carbocycles. The van der Waals surface area contributed by atoms with Crippen LogP contribution in [-0.2, 0) is 0 Å². The summed E-state index contributed by atoms with van der Waals surface area (Å²) in [7, 11) is 0. The smallest absolute Gasteiger partial charge is 0.136 e. The van der Waals surface area contributed by atoms with Crippen LogP contribution in [0.25, 0.3) is 93.6 Å². The van der Waals surface area contributed by atoms with E-state index in [9.17, 15) is 0 Å². The largest absolute Gasteiger partial charge is 0.456 e. The van der Waals surface area contributed by atoms with Gasteiger partial charge >= 0.3 is 0 Å². The third kappa shape index (κ3) is 5.90. The van der Waals surface area contributed by atoms with Crippen LogP contribution in [0.1, 0.15) is 0 Å². The fourth-order valence-corrected chi connectivity index (χ4v) is 9.33. The first-order chi connectivity index (χ1) is 30.2. The van der Waals surface area contributed by atoms with Gasteiger partial charge in [0.05, 0.1) is 16.7 Å². The van der Waals surface area contributed by atoms with Crippen LogP contribution >= 0.6 is 0 Å². The van der Waals surface area contributed by atoms with Crippen molar-refractivity contribution >= 4 is 71.6 Å². The molecule has 0 amide bonds. The number of aromatic nitrogens is 1. The molecule has 10 aromatic carbocycles. The van der Waals surface area contributed by atoms with E-state index < -0.39 is 0 Å². The number of furan rings is 1. The first-order valence-corrected chi connectivity index (χ1v) is 20.8. The van der Waals surface area contributed by atoms with Crippen LogP contribution in [0.4, 0.5) is 17.1 Å². The van der Waals surface area contributed by atoms with Gasteiger partial charge in [0.15, 0.2) is 0 Å². The van der Waals surface area contributed by atoms with Crippen LogP contribution in [0.5, 0.6) is 0 Å². The second kappa shape index (κ2) is 14.3. The predicted molar refractivity (Wildman–Crippen MR) is 257 cm³/mol. The highest BCUT2D eigenvalue weighted by Crippen LogP contribution is 2.44. The SMILES string of the molecule is c1cc(-c2cccc3oc4ccccc4c23)cc(N(c2ccc(-c3ccc(-n4c5ccccc5c5ccccc54)cc3)cc2)c2ccccc2-c2ccc3ccccc3c2)c1. The van der Waals surface area contributed by atoms with Gasteiger partial charge in [0.2, 0.25) is 0 Å². The number of fused-ring (bicyclic) bond motifs is 7. The van der Waals surface area contributed by atoms with E-state index in [-0.39, 0.29) is 0 Å². The van der Waals surface area contributed by atoms with Gasteiger partial charge in [0, 0.05) is 44.2 Å². The van der Waals surface area contributed by atoms with Gasteiger partial charge in [-0.15, -0.1) is 0 Å². The zero-order valence-corrected chi connectivity index (χ0v) is 33.2. The average molecular weight is 779 g/mol. The third-order valence-corrected chi connectivity index (χ3v) is 12.2. The van der Waals surface area contributed by atoms with Crippen LogP contribution in [0.2, 0.25) is 0 Å². The van der Waals surface area contributed by atoms with Gasteiger partial charge in [-0.05, 0) is 111 Å². The number of benzene rings is 10. The maximum Gasteiger partial charge on any atom is 0.136 e. The molecule has 286 valence electrons. The third-order valence-electron chi connectivity index (χ3n) is 12.2. The minimum atomic E-state index is 0.890. The van der Waals surface area contributed by atoms with Gasteiger partial charge in [-0.2, -0.15) is 0 Å². The monoisotopic (exact) mass is 778 g/mol. The van der Waals surface area contributed by atoms with Crippen molar-refractivity contribution in [3.05, 3.63) is 231 Å². The van der Waals surface area contributed by atoms with Crippen molar-refractivity contribution in [2.45, 2.75) is 0 Å². The van der Waals surface area contributed by atoms with Crippen LogP contribution in [0.15, 0.2) is 235 Å². The fourth-order valence-electron chi connectivity index (χ4n) is 9.33. The molecule has 0 saturated heterocycles. The summed E-state index contributed by atoms with van der Waals surface area (Å²) in [6.45, 7) is 0. The molecule has 0 bridgehead atoms. The summed E-state index contributed by atoms with van der Waals surface area (Å²) < 4.78 is 8.69. The molecule has 12 rings (SSSR count). The molecule has 3 nitrogen and oxygen atoms in total. The topological polar surface area (TPSA) is 21.3 Å². The summed E-state index contributed by atoms with van der Waals surface area (Å²) in [5.41, 5.74) is 15.5. The molecule has 0 atom stereocenters. The van der Waals surface area contributed by atoms with Crippen molar-refractivity contribution in [1.82, 2.24) is 4.57 Å². The van der Waals surface area contributed by atoms with Gasteiger partial charge < -0.3 is 13.9 Å². The van der Waals surface area contributed by atoms with Crippen molar-refractivity contribution in [2.24, 2.45) is 0 Å². The van der Waals surface area contributed by atoms with Gasteiger partial charge in [-0.25, -0.2) is 0 Å². The van der Waals surface area contributed by atoms with Crippen LogP contribution in [-0.4, -0.2) is 4.57 Å². The molecule has 61 heavy (non-hydrogen) atoms. The second-order valence-electron chi connectivity index (χ2n) is 15.7. The zero-order chi connectivity index (χ0) is 40.3. The highest BCUT2D eigenvalue weighted by Gasteiger charge is 2.20. The van der Waals surface area contributed by atoms with E-state index in [1.54, 1.807) is 0 Å². The molecule has 0 radical (unpaired) electrons. The molecule has 2 aromatic heterocycles. The highest BCUT2D eigenvalue weighted by atomic mass is 16.3. The number of nitrogens with zero attached hydrogens (tertiary/aromatic N) is 2. The van der Waals surface area contributed by atoms with Crippen molar-refractivity contribution in [2.75, 3.05) is 4.90 Å². The van der Waals surface area contributed by atoms with Crippen LogP contribution in [0.3, 0.4) is 0 Å². The molecule has 0 aliphatic rings. The Bertz CT molecular complexity index is 3540. The number of para-hydroxylation sites is 4. The summed E-state index contributed by atoms with van der Waals surface area (Å²) >= 11 is 0. The van der Waals surface area contributed by atoms with Crippen LogP contribution < -0.4 is 4.90 Å². The lowest BCUT2D eigenvalue weighted by Crippen LogP contribution is -2.11. The summed E-state index contributed by atoms with van der Waals surface area (Å²) in [5.74, 6) is 0. The van der Waals surface area contributed by atoms with E-state index in [4.69, 9.17) is 4.42 Å². The normalized spacial score (nSPS) is 11.6. The maximum absolute atomic E-state index is 6.32. The van der Waals surface area contributed by atoms with Gasteiger partial charge in [0.1, 0.15) is 11.2 Å². The van der Waals surface area contributed by atoms with Crippen molar-refractivity contribution in [1.29, 1.82) is 0 Å². The van der Waals surface area contributed by atoms with Gasteiger partial charge in [-0.3, -0.25) is 0 Å². The summed E-state index contributed by atoms with van der Waals surface area (Å²) in [6.07, 6.45) is 0. The lowest BCUT2D eigenvalue weighted by molar-refractivity contribution is 0.669. The Kier molecular flexibility index (Phi) is 8.17. The Labute approximate surface area is 353 Å². The Morgan fingerprint density at radius 2 is 0.918 bits per heavy atom. The zero-order valence-electron chi connectivity index (χ0n) is 33.2. The van der Waals surface area contributed by atoms with E-state index >= 15 is 0 Å². The molecule has 2 heterocycles. The maximum atomic E-state index is 6.32. The molecule has 0 aliphatic heterocycles. The van der Waals surface area contributed by atoms with E-state index in [1.165, 1.54) is 43.7 Å². The molecule has 12 aromatic rings. The van der Waals surface area contributed by atoms with Crippen LogP contribution in [0, 0.1) is 0 Å². The molecule has 0 unspecified atom stereocenters. The molecule has 0 aliphatic carbocycles. The van der Waals surface area contributed by atoms with E-state index in [1.807, 2.05) is 12.1 Å². The number of hydrogen-bond donors (Lipinski definition) is 0. The molecular formula is C58H38N2O. The summed E-state index contributed by atoms with van der Waals surface area (Å²) in [6, 6.07) is 83.0. The number of rotatable bonds is 7. The second-order valence-corrected chi connectivity index (χ2v) is 15.7. The molecule has 3 heteroatoms. The number of hydrogen-bond acceptors (Lipinski definition) is 2. The lowest BCUT2D eigenvalue weighted by Gasteiger charge is -2.28. The minimum absolute atomic E-state index is 0.890. The Balaban J connectivity index is 0.973. The first kappa shape index (κ1) is 34.9. The van der Waals surface area contributed by atoms with E-state index in [0.717, 1.165) is 66.9 Å². The first-order valence-electron chi connectivity index (χ1n) is 20.8. The molecule has 0 fully saturated rings. The minimum Gasteiger partial charge on any atom is -0.456 e. The molecule has 0 spiro atoms. The summed E-state index contributed by atoms with van der Waals surface area (Å²) in [4.78, 5) is 2.40. The quantitative estimate of drug-likeness (QED) is 0.161. The van der Waals surface area contributed by atoms with Crippen molar-refractivity contribution < 1.29 is 4.42 Å². The standard InChI is InChI=1S/C58H38N2O/c1-2-14-42-37-44(28-27-39(42)13-1)48-17-3-7-22-53(48)59(47-16-11-15-43(38-47)49-21-12-26-57-58(49)52-20-6-10-25-56(52)61-57)45-33-29-40(30-34-45)41-31-35-46(36-32-41)60-54-23-8-4-18-50(54)51-19-5-9-24-55(51)60/h1-38H. The van der Waals surface area contributed by atoms with E-state index in [2.05, 4.69) is 228 Å².